The molecule has 0 aliphatic heterocycles. The van der Waals surface area contributed by atoms with Crippen LogP contribution in [-0.2, 0) is 0 Å². The molecule has 2 N–H and O–H groups in total. The largest absolute Gasteiger partial charge is 0.368 e. The van der Waals surface area contributed by atoms with Crippen molar-refractivity contribution in [2.45, 2.75) is 9.92 Å². The molecule has 0 aliphatic carbocycles. The van der Waals surface area contributed by atoms with Crippen LogP contribution in [0.4, 0.5) is 14.7 Å². The van der Waals surface area contributed by atoms with Crippen LogP contribution in [-0.4, -0.2) is 9.97 Å². The Morgan fingerprint density at radius 1 is 1.00 bits per heavy atom. The minimum atomic E-state index is -0.628. The summed E-state index contributed by atoms with van der Waals surface area (Å²) < 4.78 is 26.6. The van der Waals surface area contributed by atoms with Gasteiger partial charge in [0, 0.05) is 16.3 Å². The molecule has 20 heavy (non-hydrogen) atoms. The first-order valence-electron chi connectivity index (χ1n) is 5.78. The second kappa shape index (κ2) is 5.05. The SMILES string of the molecule is Nc1nc(Sc2ccc(F)cc2F)c2ccccc2n1. The lowest BCUT2D eigenvalue weighted by atomic mass is 10.2. The van der Waals surface area contributed by atoms with Gasteiger partial charge in [0.25, 0.3) is 0 Å². The zero-order chi connectivity index (χ0) is 14.1. The number of anilines is 1. The van der Waals surface area contributed by atoms with E-state index in [1.54, 1.807) is 6.07 Å². The van der Waals surface area contributed by atoms with E-state index in [1.165, 1.54) is 12.1 Å². The van der Waals surface area contributed by atoms with Crippen LogP contribution in [0.2, 0.25) is 0 Å². The zero-order valence-electron chi connectivity index (χ0n) is 10.2. The molecule has 0 atom stereocenters. The lowest BCUT2D eigenvalue weighted by Crippen LogP contribution is -1.97. The second-order valence-electron chi connectivity index (χ2n) is 4.08. The summed E-state index contributed by atoms with van der Waals surface area (Å²) >= 11 is 1.09. The molecule has 3 rings (SSSR count). The number of hydrogen-bond donors (Lipinski definition) is 1. The van der Waals surface area contributed by atoms with Gasteiger partial charge < -0.3 is 5.73 Å². The average molecular weight is 289 g/mol. The number of nitrogens with zero attached hydrogens (tertiary/aromatic N) is 2. The Kier molecular flexibility index (Phi) is 3.23. The lowest BCUT2D eigenvalue weighted by Gasteiger charge is -2.07. The molecule has 0 radical (unpaired) electrons. The van der Waals surface area contributed by atoms with E-state index in [9.17, 15) is 8.78 Å². The van der Waals surface area contributed by atoms with Gasteiger partial charge in [0.05, 0.1) is 5.52 Å². The van der Waals surface area contributed by atoms with Crippen LogP contribution in [0.5, 0.6) is 0 Å². The fraction of sp³-hybridized carbons (Fsp3) is 0. The third-order valence-electron chi connectivity index (χ3n) is 2.69. The van der Waals surface area contributed by atoms with Crippen molar-refractivity contribution >= 4 is 28.6 Å². The average Bonchev–Trinajstić information content (AvgIpc) is 2.41. The van der Waals surface area contributed by atoms with Gasteiger partial charge in [-0.05, 0) is 18.2 Å². The van der Waals surface area contributed by atoms with Crippen molar-refractivity contribution in [2.75, 3.05) is 5.73 Å². The molecular weight excluding hydrogens is 280 g/mol. The highest BCUT2D eigenvalue weighted by atomic mass is 32.2. The Morgan fingerprint density at radius 3 is 2.60 bits per heavy atom. The van der Waals surface area contributed by atoms with Crippen LogP contribution in [0.3, 0.4) is 0 Å². The Morgan fingerprint density at radius 2 is 1.80 bits per heavy atom. The topological polar surface area (TPSA) is 51.8 Å². The Labute approximate surface area is 117 Å². The minimum absolute atomic E-state index is 0.119. The smallest absolute Gasteiger partial charge is 0.221 e. The molecule has 100 valence electrons. The quantitative estimate of drug-likeness (QED) is 0.732. The van der Waals surface area contributed by atoms with Crippen LogP contribution < -0.4 is 5.73 Å². The molecule has 0 unspecified atom stereocenters. The molecule has 0 spiro atoms. The number of nitrogens with two attached hydrogens (primary N) is 1. The molecule has 1 aromatic heterocycles. The molecule has 3 nitrogen and oxygen atoms in total. The van der Waals surface area contributed by atoms with E-state index >= 15 is 0 Å². The second-order valence-corrected chi connectivity index (χ2v) is 5.11. The number of fused-ring (bicyclic) bond motifs is 1. The van der Waals surface area contributed by atoms with Crippen molar-refractivity contribution < 1.29 is 8.78 Å². The summed E-state index contributed by atoms with van der Waals surface area (Å²) in [5, 5.41) is 1.31. The van der Waals surface area contributed by atoms with Crippen LogP contribution in [0.25, 0.3) is 10.9 Å². The maximum atomic E-state index is 13.7. The number of aromatic nitrogens is 2. The van der Waals surface area contributed by atoms with Crippen molar-refractivity contribution in [1.82, 2.24) is 9.97 Å². The minimum Gasteiger partial charge on any atom is -0.368 e. The monoisotopic (exact) mass is 289 g/mol. The van der Waals surface area contributed by atoms with Crippen molar-refractivity contribution in [3.63, 3.8) is 0 Å². The lowest BCUT2D eigenvalue weighted by molar-refractivity contribution is 0.565. The van der Waals surface area contributed by atoms with Gasteiger partial charge in [-0.2, -0.15) is 0 Å². The van der Waals surface area contributed by atoms with Crippen LogP contribution >= 0.6 is 11.8 Å². The number of rotatable bonds is 2. The van der Waals surface area contributed by atoms with E-state index in [0.717, 1.165) is 23.2 Å². The number of hydrogen-bond acceptors (Lipinski definition) is 4. The van der Waals surface area contributed by atoms with Crippen molar-refractivity contribution in [1.29, 1.82) is 0 Å². The van der Waals surface area contributed by atoms with Gasteiger partial charge in [-0.15, -0.1) is 0 Å². The van der Waals surface area contributed by atoms with E-state index in [-0.39, 0.29) is 10.8 Å². The third kappa shape index (κ3) is 2.42. The zero-order valence-corrected chi connectivity index (χ0v) is 11.0. The summed E-state index contributed by atoms with van der Waals surface area (Å²) in [5.74, 6) is -1.12. The highest BCUT2D eigenvalue weighted by Crippen LogP contribution is 2.33. The van der Waals surface area contributed by atoms with E-state index in [0.29, 0.717) is 10.5 Å². The molecule has 0 saturated heterocycles. The fourth-order valence-electron chi connectivity index (χ4n) is 1.80. The van der Waals surface area contributed by atoms with Gasteiger partial charge in [-0.3, -0.25) is 0 Å². The van der Waals surface area contributed by atoms with Crippen molar-refractivity contribution in [3.05, 3.63) is 54.1 Å². The van der Waals surface area contributed by atoms with Gasteiger partial charge in [0.15, 0.2) is 0 Å². The normalized spacial score (nSPS) is 10.9. The molecule has 0 aliphatic rings. The van der Waals surface area contributed by atoms with E-state index < -0.39 is 11.6 Å². The molecular formula is C14H9F2N3S. The molecule has 0 bridgehead atoms. The summed E-state index contributed by atoms with van der Waals surface area (Å²) in [4.78, 5) is 8.53. The van der Waals surface area contributed by atoms with Gasteiger partial charge in [-0.25, -0.2) is 18.7 Å². The van der Waals surface area contributed by atoms with E-state index in [4.69, 9.17) is 5.73 Å². The van der Waals surface area contributed by atoms with Gasteiger partial charge in [0.2, 0.25) is 5.95 Å². The molecule has 2 aromatic carbocycles. The predicted octanol–water partition coefficient (Wildman–Crippen LogP) is 3.64. The number of benzene rings is 2. The Hall–Kier alpha value is -2.21. The summed E-state index contributed by atoms with van der Waals surface area (Å²) in [6.45, 7) is 0. The molecule has 0 amide bonds. The number of halogens is 2. The third-order valence-corrected chi connectivity index (χ3v) is 3.74. The van der Waals surface area contributed by atoms with E-state index in [1.807, 2.05) is 18.2 Å². The molecule has 3 aromatic rings. The Bertz CT molecular complexity index is 792. The van der Waals surface area contributed by atoms with E-state index in [2.05, 4.69) is 9.97 Å². The predicted molar refractivity (Wildman–Crippen MR) is 74.4 cm³/mol. The van der Waals surface area contributed by atoms with Crippen LogP contribution in [0.1, 0.15) is 0 Å². The molecule has 6 heteroatoms. The first kappa shape index (κ1) is 12.8. The van der Waals surface area contributed by atoms with Crippen LogP contribution in [0.15, 0.2) is 52.4 Å². The van der Waals surface area contributed by atoms with Crippen molar-refractivity contribution in [3.8, 4) is 0 Å². The summed E-state index contributed by atoms with van der Waals surface area (Å²) in [6.07, 6.45) is 0. The van der Waals surface area contributed by atoms with Gasteiger partial charge in [-0.1, -0.05) is 30.0 Å². The van der Waals surface area contributed by atoms with Gasteiger partial charge >= 0.3 is 0 Å². The number of nitrogen functional groups attached to an aromatic ring is 1. The maximum absolute atomic E-state index is 13.7. The standard InChI is InChI=1S/C14H9F2N3S/c15-8-5-6-12(10(16)7-8)20-13-9-3-1-2-4-11(9)18-14(17)19-13/h1-7H,(H2,17,18,19). The number of para-hydroxylation sites is 1. The van der Waals surface area contributed by atoms with Crippen LogP contribution in [0, 0.1) is 11.6 Å². The van der Waals surface area contributed by atoms with Crippen molar-refractivity contribution in [2.24, 2.45) is 0 Å². The summed E-state index contributed by atoms with van der Waals surface area (Å²) in [7, 11) is 0. The van der Waals surface area contributed by atoms with Gasteiger partial charge in [0.1, 0.15) is 16.7 Å². The maximum Gasteiger partial charge on any atom is 0.221 e. The highest BCUT2D eigenvalue weighted by Gasteiger charge is 2.11. The highest BCUT2D eigenvalue weighted by molar-refractivity contribution is 7.99. The fourth-order valence-corrected chi connectivity index (χ4v) is 2.73. The summed E-state index contributed by atoms with van der Waals surface area (Å²) in [5.41, 5.74) is 6.34. The first-order valence-corrected chi connectivity index (χ1v) is 6.60. The molecule has 0 saturated carbocycles. The molecule has 1 heterocycles. The first-order chi connectivity index (χ1) is 9.63. The molecule has 0 fully saturated rings. The summed E-state index contributed by atoms with van der Waals surface area (Å²) in [6, 6.07) is 10.7. The Balaban J connectivity index is 2.10.